The first-order valence-corrected chi connectivity index (χ1v) is 12.8. The SMILES string of the molecule is Cc1ccc([N+](=O)[O-])cc1N(CC(=O)NCCCSCc1cccc(Cl)c1)S(C)(=O)=O. The van der Waals surface area contributed by atoms with E-state index >= 15 is 0 Å². The van der Waals surface area contributed by atoms with E-state index in [1.807, 2.05) is 24.3 Å². The van der Waals surface area contributed by atoms with Gasteiger partial charge in [0.15, 0.2) is 0 Å². The summed E-state index contributed by atoms with van der Waals surface area (Å²) in [6.07, 6.45) is 1.68. The van der Waals surface area contributed by atoms with Gasteiger partial charge in [-0.15, -0.1) is 0 Å². The van der Waals surface area contributed by atoms with Gasteiger partial charge in [-0.2, -0.15) is 11.8 Å². The first-order valence-electron chi connectivity index (χ1n) is 9.39. The number of amides is 1. The molecule has 8 nitrogen and oxygen atoms in total. The standard InChI is InChI=1S/C20H24ClN3O5S2/c1-15-7-8-18(24(26)27)12-19(15)23(31(2,28)29)13-20(25)22-9-4-10-30-14-16-5-3-6-17(21)11-16/h3,5-8,11-12H,4,9-10,13-14H2,1-2H3,(H,22,25). The van der Waals surface area contributed by atoms with Crippen molar-refractivity contribution < 1.29 is 18.1 Å². The highest BCUT2D eigenvalue weighted by Crippen LogP contribution is 2.27. The van der Waals surface area contributed by atoms with Gasteiger partial charge < -0.3 is 5.32 Å². The van der Waals surface area contributed by atoms with Crippen LogP contribution in [0.5, 0.6) is 0 Å². The smallest absolute Gasteiger partial charge is 0.271 e. The Morgan fingerprint density at radius 3 is 2.65 bits per heavy atom. The molecular weight excluding hydrogens is 462 g/mol. The van der Waals surface area contributed by atoms with E-state index in [-0.39, 0.29) is 11.4 Å². The highest BCUT2D eigenvalue weighted by Gasteiger charge is 2.24. The predicted molar refractivity (Wildman–Crippen MR) is 125 cm³/mol. The summed E-state index contributed by atoms with van der Waals surface area (Å²) in [5.74, 6) is 1.14. The molecule has 11 heteroatoms. The van der Waals surface area contributed by atoms with E-state index in [9.17, 15) is 23.3 Å². The number of rotatable bonds is 11. The number of carbonyl (C=O) groups is 1. The van der Waals surface area contributed by atoms with Gasteiger partial charge in [-0.3, -0.25) is 19.2 Å². The summed E-state index contributed by atoms with van der Waals surface area (Å²) in [6.45, 7) is 1.58. The third-order valence-corrected chi connectivity index (χ3v) is 6.78. The summed E-state index contributed by atoms with van der Waals surface area (Å²) in [7, 11) is -3.82. The van der Waals surface area contributed by atoms with Gasteiger partial charge in [0.05, 0.1) is 16.9 Å². The minimum Gasteiger partial charge on any atom is -0.354 e. The first kappa shape index (κ1) is 25.0. The molecule has 0 spiro atoms. The van der Waals surface area contributed by atoms with Crippen LogP contribution in [0.15, 0.2) is 42.5 Å². The molecular formula is C20H24ClN3O5S2. The molecule has 1 N–H and O–H groups in total. The molecule has 0 atom stereocenters. The zero-order valence-electron chi connectivity index (χ0n) is 17.2. The molecule has 0 aliphatic carbocycles. The van der Waals surface area contributed by atoms with Gasteiger partial charge in [0.2, 0.25) is 15.9 Å². The van der Waals surface area contributed by atoms with Crippen LogP contribution in [0.1, 0.15) is 17.5 Å². The average molecular weight is 486 g/mol. The summed E-state index contributed by atoms with van der Waals surface area (Å²) in [4.78, 5) is 22.8. The third kappa shape index (κ3) is 8.04. The van der Waals surface area contributed by atoms with E-state index in [0.717, 1.165) is 33.7 Å². The van der Waals surface area contributed by atoms with E-state index in [1.165, 1.54) is 12.1 Å². The van der Waals surface area contributed by atoms with E-state index in [4.69, 9.17) is 11.6 Å². The van der Waals surface area contributed by atoms with Crippen LogP contribution in [0.2, 0.25) is 5.02 Å². The number of anilines is 1. The van der Waals surface area contributed by atoms with Crippen molar-refractivity contribution >= 4 is 50.7 Å². The number of nitro groups is 1. The lowest BCUT2D eigenvalue weighted by molar-refractivity contribution is -0.384. The van der Waals surface area contributed by atoms with Crippen molar-refractivity contribution in [2.75, 3.05) is 29.4 Å². The number of carbonyl (C=O) groups excluding carboxylic acids is 1. The zero-order valence-corrected chi connectivity index (χ0v) is 19.6. The van der Waals surface area contributed by atoms with E-state index in [2.05, 4.69) is 5.32 Å². The summed E-state index contributed by atoms with van der Waals surface area (Å²) >= 11 is 7.66. The number of nitrogens with zero attached hydrogens (tertiary/aromatic N) is 2. The van der Waals surface area contributed by atoms with E-state index in [0.29, 0.717) is 23.6 Å². The van der Waals surface area contributed by atoms with Gasteiger partial charge in [0, 0.05) is 29.5 Å². The Kier molecular flexibility index (Phi) is 9.15. The van der Waals surface area contributed by atoms with Gasteiger partial charge in [0.25, 0.3) is 5.69 Å². The maximum Gasteiger partial charge on any atom is 0.271 e. The van der Waals surface area contributed by atoms with E-state index in [1.54, 1.807) is 18.7 Å². The molecule has 168 valence electrons. The second-order valence-corrected chi connectivity index (χ2v) is 10.3. The molecule has 0 saturated carbocycles. The van der Waals surface area contributed by atoms with Gasteiger partial charge in [-0.25, -0.2) is 8.42 Å². The van der Waals surface area contributed by atoms with Gasteiger partial charge in [-0.1, -0.05) is 29.8 Å². The lowest BCUT2D eigenvalue weighted by Gasteiger charge is -2.23. The average Bonchev–Trinajstić information content (AvgIpc) is 2.68. The molecule has 0 unspecified atom stereocenters. The van der Waals surface area contributed by atoms with Crippen LogP contribution in [0.4, 0.5) is 11.4 Å². The molecule has 2 rings (SSSR count). The fourth-order valence-electron chi connectivity index (χ4n) is 2.77. The quantitative estimate of drug-likeness (QED) is 0.295. The number of nitrogens with one attached hydrogen (secondary N) is 1. The number of nitro benzene ring substituents is 1. The minimum atomic E-state index is -3.82. The van der Waals surface area contributed by atoms with Crippen molar-refractivity contribution in [2.24, 2.45) is 0 Å². The molecule has 0 heterocycles. The fraction of sp³-hybridized carbons (Fsp3) is 0.350. The Labute approximate surface area is 191 Å². The molecule has 0 fully saturated rings. The lowest BCUT2D eigenvalue weighted by atomic mass is 10.2. The number of benzene rings is 2. The topological polar surface area (TPSA) is 110 Å². The number of thioether (sulfide) groups is 1. The number of hydrogen-bond donors (Lipinski definition) is 1. The summed E-state index contributed by atoms with van der Waals surface area (Å²) in [5.41, 5.74) is 1.51. The first-order chi connectivity index (χ1) is 14.6. The molecule has 0 saturated heterocycles. The molecule has 0 aliphatic rings. The van der Waals surface area contributed by atoms with Crippen LogP contribution >= 0.6 is 23.4 Å². The summed E-state index contributed by atoms with van der Waals surface area (Å²) < 4.78 is 25.4. The summed E-state index contributed by atoms with van der Waals surface area (Å²) in [5, 5.41) is 14.4. The molecule has 2 aromatic carbocycles. The van der Waals surface area contributed by atoms with Crippen LogP contribution < -0.4 is 9.62 Å². The van der Waals surface area contributed by atoms with E-state index < -0.39 is 27.4 Å². The largest absolute Gasteiger partial charge is 0.354 e. The highest BCUT2D eigenvalue weighted by molar-refractivity contribution is 7.98. The van der Waals surface area contributed by atoms with Crippen LogP contribution in [0, 0.1) is 17.0 Å². The van der Waals surface area contributed by atoms with Crippen molar-refractivity contribution in [1.29, 1.82) is 0 Å². The Hall–Kier alpha value is -2.30. The monoisotopic (exact) mass is 485 g/mol. The molecule has 0 bridgehead atoms. The number of halogens is 1. The van der Waals surface area contributed by atoms with Crippen molar-refractivity contribution in [1.82, 2.24) is 5.32 Å². The summed E-state index contributed by atoms with van der Waals surface area (Å²) in [6, 6.07) is 11.5. The van der Waals surface area contributed by atoms with Crippen molar-refractivity contribution in [3.63, 3.8) is 0 Å². The number of hydrogen-bond acceptors (Lipinski definition) is 6. The van der Waals surface area contributed by atoms with Crippen molar-refractivity contribution in [2.45, 2.75) is 19.1 Å². The lowest BCUT2D eigenvalue weighted by Crippen LogP contribution is -2.41. The fourth-order valence-corrected chi connectivity index (χ4v) is 4.79. The molecule has 31 heavy (non-hydrogen) atoms. The Bertz CT molecular complexity index is 1050. The highest BCUT2D eigenvalue weighted by atomic mass is 35.5. The van der Waals surface area contributed by atoms with Crippen molar-refractivity contribution in [3.8, 4) is 0 Å². The number of sulfonamides is 1. The maximum absolute atomic E-state index is 12.3. The molecule has 2 aromatic rings. The normalized spacial score (nSPS) is 11.2. The number of aryl methyl sites for hydroxylation is 1. The third-order valence-electron chi connectivity index (χ3n) is 4.31. The number of non-ortho nitro benzene ring substituents is 1. The van der Waals surface area contributed by atoms with Crippen LogP contribution in [0.25, 0.3) is 0 Å². The second-order valence-electron chi connectivity index (χ2n) is 6.88. The van der Waals surface area contributed by atoms with Crippen molar-refractivity contribution in [3.05, 3.63) is 68.7 Å². The van der Waals surface area contributed by atoms with Crippen LogP contribution in [-0.2, 0) is 20.6 Å². The molecule has 0 aliphatic heterocycles. The minimum absolute atomic E-state index is 0.115. The Morgan fingerprint density at radius 2 is 2.00 bits per heavy atom. The molecule has 1 amide bonds. The van der Waals surface area contributed by atoms with Crippen LogP contribution in [0.3, 0.4) is 0 Å². The van der Waals surface area contributed by atoms with Crippen LogP contribution in [-0.4, -0.2) is 44.3 Å². The zero-order chi connectivity index (χ0) is 23.0. The maximum atomic E-state index is 12.3. The van der Waals surface area contributed by atoms with Gasteiger partial charge in [0.1, 0.15) is 6.54 Å². The van der Waals surface area contributed by atoms with Gasteiger partial charge in [-0.05, 0) is 42.4 Å². The predicted octanol–water partition coefficient (Wildman–Crippen LogP) is 3.76. The Balaban J connectivity index is 1.88. The molecule has 0 radical (unpaired) electrons. The second kappa shape index (κ2) is 11.4. The Morgan fingerprint density at radius 1 is 1.26 bits per heavy atom. The molecule has 0 aromatic heterocycles. The van der Waals surface area contributed by atoms with Gasteiger partial charge >= 0.3 is 0 Å².